The number of nitrogens with zero attached hydrogens (tertiary/aromatic N) is 1. The molecule has 0 saturated heterocycles. The molecule has 0 fully saturated rings. The monoisotopic (exact) mass is 357 g/mol. The minimum Gasteiger partial charge on any atom is -0.312 e. The fourth-order valence-corrected chi connectivity index (χ4v) is 4.43. The molecule has 0 unspecified atom stereocenters. The van der Waals surface area contributed by atoms with Crippen molar-refractivity contribution in [2.45, 2.75) is 38.0 Å². The summed E-state index contributed by atoms with van der Waals surface area (Å²) in [6, 6.07) is 12.8. The molecule has 0 N–H and O–H groups in total. The van der Waals surface area contributed by atoms with E-state index in [2.05, 4.69) is 6.07 Å². The van der Waals surface area contributed by atoms with E-state index in [1.165, 1.54) is 11.1 Å². The Balaban J connectivity index is 1.72. The highest BCUT2D eigenvalue weighted by Gasteiger charge is 2.24. The maximum Gasteiger partial charge on any atom is 0.228 e. The van der Waals surface area contributed by atoms with Crippen LogP contribution < -0.4 is 4.90 Å². The number of aryl methyl sites for hydroxylation is 3. The predicted molar refractivity (Wildman–Crippen MR) is 99.7 cm³/mol. The average Bonchev–Trinajstić information content (AvgIpc) is 2.59. The van der Waals surface area contributed by atoms with Crippen LogP contribution in [0.1, 0.15) is 29.5 Å². The van der Waals surface area contributed by atoms with Crippen LogP contribution in [0.4, 0.5) is 5.69 Å². The topological polar surface area (TPSA) is 54.5 Å². The molecule has 1 heterocycles. The van der Waals surface area contributed by atoms with Crippen LogP contribution in [0.3, 0.4) is 0 Å². The number of sulfone groups is 1. The van der Waals surface area contributed by atoms with Crippen LogP contribution in [0.2, 0.25) is 0 Å². The first-order valence-corrected chi connectivity index (χ1v) is 10.2. The normalized spacial score (nSPS) is 14.2. The number of rotatable bonds is 4. The minimum atomic E-state index is -3.44. The summed E-state index contributed by atoms with van der Waals surface area (Å²) in [6.07, 6.45) is 1.87. The lowest BCUT2D eigenvalue weighted by molar-refractivity contribution is -0.118. The van der Waals surface area contributed by atoms with E-state index in [0.717, 1.165) is 24.1 Å². The van der Waals surface area contributed by atoms with Crippen LogP contribution >= 0.6 is 0 Å². The lowest BCUT2D eigenvalue weighted by Crippen LogP contribution is -2.36. The Morgan fingerprint density at radius 2 is 1.72 bits per heavy atom. The van der Waals surface area contributed by atoms with Crippen molar-refractivity contribution in [1.82, 2.24) is 0 Å². The lowest BCUT2D eigenvalue weighted by atomic mass is 9.99. The molecule has 0 bridgehead atoms. The predicted octanol–water partition coefficient (Wildman–Crippen LogP) is 3.45. The highest BCUT2D eigenvalue weighted by molar-refractivity contribution is 7.91. The molecule has 5 heteroatoms. The zero-order valence-electron chi connectivity index (χ0n) is 14.7. The van der Waals surface area contributed by atoms with Crippen LogP contribution in [0.5, 0.6) is 0 Å². The van der Waals surface area contributed by atoms with E-state index in [9.17, 15) is 13.2 Å². The number of carbonyl (C=O) groups is 1. The molecule has 2 aromatic rings. The molecule has 4 nitrogen and oxygen atoms in total. The maximum absolute atomic E-state index is 12.6. The fraction of sp³-hybridized carbons (Fsp3) is 0.350. The van der Waals surface area contributed by atoms with Gasteiger partial charge in [0, 0.05) is 18.7 Å². The second kappa shape index (κ2) is 7.00. The molecule has 1 aliphatic rings. The van der Waals surface area contributed by atoms with Gasteiger partial charge in [-0.05, 0) is 50.5 Å². The van der Waals surface area contributed by atoms with Gasteiger partial charge in [-0.3, -0.25) is 4.79 Å². The van der Waals surface area contributed by atoms with E-state index in [1.54, 1.807) is 29.2 Å². The minimum absolute atomic E-state index is 0.00350. The lowest BCUT2D eigenvalue weighted by Gasteiger charge is -2.30. The van der Waals surface area contributed by atoms with Crippen molar-refractivity contribution in [3.63, 3.8) is 0 Å². The van der Waals surface area contributed by atoms with E-state index >= 15 is 0 Å². The van der Waals surface area contributed by atoms with Crippen LogP contribution in [0.25, 0.3) is 0 Å². The number of hydrogen-bond donors (Lipinski definition) is 0. The third kappa shape index (κ3) is 3.93. The molecule has 0 radical (unpaired) electrons. The number of benzene rings is 2. The number of hydrogen-bond acceptors (Lipinski definition) is 3. The summed E-state index contributed by atoms with van der Waals surface area (Å²) in [4.78, 5) is 14.7. The summed E-state index contributed by atoms with van der Waals surface area (Å²) >= 11 is 0. The first kappa shape index (κ1) is 17.7. The maximum atomic E-state index is 12.6. The molecular formula is C20H23NO3S. The Labute approximate surface area is 149 Å². The van der Waals surface area contributed by atoms with Gasteiger partial charge in [0.15, 0.2) is 9.84 Å². The molecule has 2 aromatic carbocycles. The molecule has 132 valence electrons. The molecule has 25 heavy (non-hydrogen) atoms. The second-order valence-electron chi connectivity index (χ2n) is 6.66. The molecule has 0 aliphatic carbocycles. The van der Waals surface area contributed by atoms with Crippen molar-refractivity contribution in [3.8, 4) is 0 Å². The summed E-state index contributed by atoms with van der Waals surface area (Å²) in [5.41, 5.74) is 4.28. The van der Waals surface area contributed by atoms with E-state index < -0.39 is 9.84 Å². The van der Waals surface area contributed by atoms with E-state index in [-0.39, 0.29) is 23.0 Å². The van der Waals surface area contributed by atoms with Crippen molar-refractivity contribution in [1.29, 1.82) is 0 Å². The zero-order chi connectivity index (χ0) is 18.0. The van der Waals surface area contributed by atoms with Gasteiger partial charge >= 0.3 is 0 Å². The Morgan fingerprint density at radius 3 is 2.44 bits per heavy atom. The molecular weight excluding hydrogens is 334 g/mol. The van der Waals surface area contributed by atoms with Crippen LogP contribution in [0.15, 0.2) is 47.4 Å². The summed E-state index contributed by atoms with van der Waals surface area (Å²) < 4.78 is 24.9. The zero-order valence-corrected chi connectivity index (χ0v) is 15.5. The first-order chi connectivity index (χ1) is 11.9. The standard InChI is InChI=1S/C20H23NO3S/c1-15-5-8-18(9-6-15)25(23,24)13-11-20(22)21-12-3-4-17-14-16(2)7-10-19(17)21/h5-10,14H,3-4,11-13H2,1-2H3. The third-order valence-corrected chi connectivity index (χ3v) is 6.35. The molecule has 0 atom stereocenters. The molecule has 0 aromatic heterocycles. The summed E-state index contributed by atoms with van der Waals surface area (Å²) in [6.45, 7) is 4.60. The number of anilines is 1. The average molecular weight is 357 g/mol. The van der Waals surface area contributed by atoms with Gasteiger partial charge in [0.25, 0.3) is 0 Å². The Kier molecular flexibility index (Phi) is 4.95. The smallest absolute Gasteiger partial charge is 0.228 e. The van der Waals surface area contributed by atoms with Gasteiger partial charge in [0.05, 0.1) is 10.6 Å². The summed E-state index contributed by atoms with van der Waals surface area (Å²) in [5, 5.41) is 0. The van der Waals surface area contributed by atoms with Crippen molar-refractivity contribution in [2.75, 3.05) is 17.2 Å². The van der Waals surface area contributed by atoms with Crippen molar-refractivity contribution < 1.29 is 13.2 Å². The van der Waals surface area contributed by atoms with E-state index in [0.29, 0.717) is 6.54 Å². The fourth-order valence-electron chi connectivity index (χ4n) is 3.21. The van der Waals surface area contributed by atoms with Crippen LogP contribution in [0, 0.1) is 13.8 Å². The molecule has 0 spiro atoms. The van der Waals surface area contributed by atoms with Gasteiger partial charge in [-0.1, -0.05) is 35.4 Å². The SMILES string of the molecule is Cc1ccc(S(=O)(=O)CCC(=O)N2CCCc3cc(C)ccc32)cc1. The number of amides is 1. The molecule has 0 saturated carbocycles. The summed E-state index contributed by atoms with van der Waals surface area (Å²) in [5.74, 6) is -0.285. The van der Waals surface area contributed by atoms with Crippen LogP contribution in [-0.2, 0) is 21.1 Å². The summed E-state index contributed by atoms with van der Waals surface area (Å²) in [7, 11) is -3.44. The van der Waals surface area contributed by atoms with Gasteiger partial charge in [-0.15, -0.1) is 0 Å². The van der Waals surface area contributed by atoms with Gasteiger partial charge in [0.2, 0.25) is 5.91 Å². The largest absolute Gasteiger partial charge is 0.312 e. The van der Waals surface area contributed by atoms with E-state index in [1.807, 2.05) is 26.0 Å². The second-order valence-corrected chi connectivity index (χ2v) is 8.77. The van der Waals surface area contributed by atoms with Crippen LogP contribution in [-0.4, -0.2) is 26.6 Å². The first-order valence-electron chi connectivity index (χ1n) is 8.56. The van der Waals surface area contributed by atoms with E-state index in [4.69, 9.17) is 0 Å². The van der Waals surface area contributed by atoms with Crippen molar-refractivity contribution in [2.24, 2.45) is 0 Å². The molecule has 1 amide bonds. The Hall–Kier alpha value is -2.14. The Morgan fingerprint density at radius 1 is 1.04 bits per heavy atom. The molecule has 1 aliphatic heterocycles. The number of fused-ring (bicyclic) bond motifs is 1. The Bertz CT molecular complexity index is 886. The van der Waals surface area contributed by atoms with Crippen molar-refractivity contribution >= 4 is 21.4 Å². The number of carbonyl (C=O) groups excluding carboxylic acids is 1. The van der Waals surface area contributed by atoms with Gasteiger partial charge in [-0.25, -0.2) is 8.42 Å². The van der Waals surface area contributed by atoms with Gasteiger partial charge in [0.1, 0.15) is 0 Å². The highest BCUT2D eigenvalue weighted by atomic mass is 32.2. The highest BCUT2D eigenvalue weighted by Crippen LogP contribution is 2.28. The molecule has 3 rings (SSSR count). The quantitative estimate of drug-likeness (QED) is 0.842. The van der Waals surface area contributed by atoms with Crippen molar-refractivity contribution in [3.05, 3.63) is 59.2 Å². The van der Waals surface area contributed by atoms with Gasteiger partial charge in [-0.2, -0.15) is 0 Å². The van der Waals surface area contributed by atoms with Gasteiger partial charge < -0.3 is 4.90 Å². The third-order valence-electron chi connectivity index (χ3n) is 4.62.